The molecule has 124 valence electrons. The molecule has 2 heteroatoms. The van der Waals surface area contributed by atoms with Gasteiger partial charge in [0.15, 0.2) is 5.78 Å². The van der Waals surface area contributed by atoms with E-state index in [1.165, 1.54) is 18.4 Å². The van der Waals surface area contributed by atoms with Gasteiger partial charge in [0.05, 0.1) is 0 Å². The van der Waals surface area contributed by atoms with Crippen molar-refractivity contribution >= 4 is 5.78 Å². The normalized spacial score (nSPS) is 48.7. The van der Waals surface area contributed by atoms with Gasteiger partial charge in [-0.1, -0.05) is 18.4 Å². The van der Waals surface area contributed by atoms with Crippen LogP contribution in [0.1, 0.15) is 64.7 Å². The van der Waals surface area contributed by atoms with Crippen LogP contribution in [0.4, 0.5) is 0 Å². The number of rotatable bonds is 1. The van der Waals surface area contributed by atoms with Crippen molar-refractivity contribution in [2.24, 2.45) is 29.1 Å². The van der Waals surface area contributed by atoms with Crippen LogP contribution in [-0.4, -0.2) is 16.5 Å². The summed E-state index contributed by atoms with van der Waals surface area (Å²) in [5, 5.41) is 11.1. The van der Waals surface area contributed by atoms with E-state index in [0.717, 1.165) is 44.9 Å². The number of hydrogen-bond acceptors (Lipinski definition) is 2. The fourth-order valence-electron chi connectivity index (χ4n) is 6.96. The average molecular weight is 312 g/mol. The number of hydrogen-bond donors (Lipinski definition) is 1. The van der Waals surface area contributed by atoms with Crippen LogP contribution in [0, 0.1) is 41.4 Å². The second kappa shape index (κ2) is 5.21. The maximum absolute atomic E-state index is 11.8. The first kappa shape index (κ1) is 15.5. The number of carbonyl (C=O) groups excluding carboxylic acids is 1. The van der Waals surface area contributed by atoms with Gasteiger partial charge in [-0.05, 0) is 81.1 Å². The minimum absolute atomic E-state index is 0.0609. The highest BCUT2D eigenvalue weighted by Gasteiger charge is 2.63. The summed E-state index contributed by atoms with van der Waals surface area (Å²) < 4.78 is 0. The molecule has 0 saturated heterocycles. The van der Waals surface area contributed by atoms with Gasteiger partial charge in [-0.3, -0.25) is 4.79 Å². The van der Waals surface area contributed by atoms with Crippen molar-refractivity contribution in [2.45, 2.75) is 70.3 Å². The second-order valence-electron chi connectivity index (χ2n) is 8.40. The van der Waals surface area contributed by atoms with Crippen LogP contribution in [0.5, 0.6) is 0 Å². The number of fused-ring (bicyclic) bond motifs is 5. The summed E-state index contributed by atoms with van der Waals surface area (Å²) in [6.45, 7) is 2.22. The molecule has 0 amide bonds. The molecule has 4 rings (SSSR count). The smallest absolute Gasteiger partial charge is 0.155 e. The van der Waals surface area contributed by atoms with Crippen LogP contribution in [0.3, 0.4) is 0 Å². The summed E-state index contributed by atoms with van der Waals surface area (Å²) in [5.74, 6) is 5.73. The number of terminal acetylenes is 1. The fourth-order valence-corrected chi connectivity index (χ4v) is 6.96. The summed E-state index contributed by atoms with van der Waals surface area (Å²) >= 11 is 0. The van der Waals surface area contributed by atoms with Crippen LogP contribution >= 0.6 is 0 Å². The number of allylic oxidation sites excluding steroid dienone is 1. The van der Waals surface area contributed by atoms with Crippen molar-refractivity contribution in [3.05, 3.63) is 11.6 Å². The van der Waals surface area contributed by atoms with Crippen LogP contribution in [0.2, 0.25) is 0 Å². The van der Waals surface area contributed by atoms with E-state index < -0.39 is 5.60 Å². The highest BCUT2D eigenvalue weighted by molar-refractivity contribution is 5.91. The standard InChI is InChI=1S/C21H28O2/c1-3-20-11-9-17-16-8-6-15(22)13-14(16)5-7-18(17)19(20)10-12-21(20,23)4-2/h2,13,16-19,23H,3,5-12H2,1H3/t16?,17-,18-,19+,20+,21+/m1/s1. The molecule has 0 bridgehead atoms. The monoisotopic (exact) mass is 312 g/mol. The van der Waals surface area contributed by atoms with E-state index in [-0.39, 0.29) is 5.41 Å². The van der Waals surface area contributed by atoms with E-state index in [0.29, 0.717) is 29.5 Å². The van der Waals surface area contributed by atoms with Crippen molar-refractivity contribution in [1.82, 2.24) is 0 Å². The lowest BCUT2D eigenvalue weighted by Crippen LogP contribution is -2.53. The highest BCUT2D eigenvalue weighted by Crippen LogP contribution is 2.66. The lowest BCUT2D eigenvalue weighted by molar-refractivity contribution is -0.117. The molecule has 0 radical (unpaired) electrons. The Morgan fingerprint density at radius 1 is 1.22 bits per heavy atom. The van der Waals surface area contributed by atoms with Gasteiger partial charge in [-0.25, -0.2) is 0 Å². The maximum atomic E-state index is 11.8. The van der Waals surface area contributed by atoms with Crippen LogP contribution in [0.25, 0.3) is 0 Å². The fraction of sp³-hybridized carbons (Fsp3) is 0.762. The van der Waals surface area contributed by atoms with Gasteiger partial charge in [-0.15, -0.1) is 6.42 Å². The van der Waals surface area contributed by atoms with Crippen molar-refractivity contribution in [3.8, 4) is 12.3 Å². The zero-order valence-electron chi connectivity index (χ0n) is 14.2. The first-order chi connectivity index (χ1) is 11.0. The first-order valence-corrected chi connectivity index (χ1v) is 9.48. The van der Waals surface area contributed by atoms with Gasteiger partial charge in [0.2, 0.25) is 0 Å². The Labute approximate surface area is 139 Å². The molecule has 1 N–H and O–H groups in total. The quantitative estimate of drug-likeness (QED) is 0.746. The zero-order chi connectivity index (χ0) is 16.2. The Balaban J connectivity index is 1.67. The van der Waals surface area contributed by atoms with E-state index in [1.54, 1.807) is 0 Å². The number of carbonyl (C=O) groups is 1. The van der Waals surface area contributed by atoms with Crippen molar-refractivity contribution in [3.63, 3.8) is 0 Å². The van der Waals surface area contributed by atoms with E-state index in [1.807, 2.05) is 6.08 Å². The third-order valence-electron chi connectivity index (χ3n) is 8.02. The summed E-state index contributed by atoms with van der Waals surface area (Å²) in [4.78, 5) is 11.8. The van der Waals surface area contributed by atoms with Crippen molar-refractivity contribution < 1.29 is 9.90 Å². The number of aliphatic hydroxyl groups is 1. The van der Waals surface area contributed by atoms with E-state index in [4.69, 9.17) is 6.42 Å². The lowest BCUT2D eigenvalue weighted by Gasteiger charge is -2.55. The predicted molar refractivity (Wildman–Crippen MR) is 90.5 cm³/mol. The SMILES string of the molecule is C#C[C@]1(O)CC[C@H]2[C@@H]3CCC4=CC(=O)CCC4[C@H]3CC[C@@]21CC. The molecule has 4 aliphatic carbocycles. The Hall–Kier alpha value is -1.07. The molecule has 1 unspecified atom stereocenters. The molecule has 2 nitrogen and oxygen atoms in total. The van der Waals surface area contributed by atoms with Crippen LogP contribution in [0.15, 0.2) is 11.6 Å². The molecular weight excluding hydrogens is 284 g/mol. The minimum atomic E-state index is -0.893. The van der Waals surface area contributed by atoms with Gasteiger partial charge in [0.25, 0.3) is 0 Å². The van der Waals surface area contributed by atoms with Gasteiger partial charge in [-0.2, -0.15) is 0 Å². The second-order valence-corrected chi connectivity index (χ2v) is 8.40. The Morgan fingerprint density at radius 2 is 2.04 bits per heavy atom. The van der Waals surface area contributed by atoms with E-state index in [9.17, 15) is 9.90 Å². The van der Waals surface area contributed by atoms with Crippen LogP contribution < -0.4 is 0 Å². The molecule has 6 atom stereocenters. The Morgan fingerprint density at radius 3 is 2.78 bits per heavy atom. The summed E-state index contributed by atoms with van der Waals surface area (Å²) in [7, 11) is 0. The molecule has 3 saturated carbocycles. The molecule has 0 aromatic rings. The zero-order valence-corrected chi connectivity index (χ0v) is 14.2. The number of ketones is 1. The molecule has 3 fully saturated rings. The highest BCUT2D eigenvalue weighted by atomic mass is 16.3. The molecule has 0 aliphatic heterocycles. The predicted octanol–water partition coefficient (Wildman–Crippen LogP) is 3.88. The maximum Gasteiger partial charge on any atom is 0.155 e. The van der Waals surface area contributed by atoms with E-state index in [2.05, 4.69) is 12.8 Å². The molecule has 0 aromatic carbocycles. The topological polar surface area (TPSA) is 37.3 Å². The lowest BCUT2D eigenvalue weighted by atomic mass is 9.49. The third kappa shape index (κ3) is 1.96. The van der Waals surface area contributed by atoms with Gasteiger partial charge in [0.1, 0.15) is 5.60 Å². The molecular formula is C21H28O2. The summed E-state index contributed by atoms with van der Waals surface area (Å²) in [5.41, 5.74) is 0.474. The molecule has 0 aromatic heterocycles. The van der Waals surface area contributed by atoms with Crippen molar-refractivity contribution in [1.29, 1.82) is 0 Å². The molecule has 0 heterocycles. The Kier molecular flexibility index (Phi) is 3.50. The van der Waals surface area contributed by atoms with Gasteiger partial charge >= 0.3 is 0 Å². The van der Waals surface area contributed by atoms with E-state index >= 15 is 0 Å². The summed E-state index contributed by atoms with van der Waals surface area (Å²) in [6.07, 6.45) is 16.9. The van der Waals surface area contributed by atoms with Gasteiger partial charge in [0, 0.05) is 11.8 Å². The Bertz CT molecular complexity index is 597. The third-order valence-corrected chi connectivity index (χ3v) is 8.02. The minimum Gasteiger partial charge on any atom is -0.377 e. The largest absolute Gasteiger partial charge is 0.377 e. The summed E-state index contributed by atoms with van der Waals surface area (Å²) in [6, 6.07) is 0. The first-order valence-electron chi connectivity index (χ1n) is 9.48. The molecule has 0 spiro atoms. The molecule has 23 heavy (non-hydrogen) atoms. The average Bonchev–Trinajstić information content (AvgIpc) is 2.88. The molecule has 4 aliphatic rings. The van der Waals surface area contributed by atoms with Gasteiger partial charge < -0.3 is 5.11 Å². The van der Waals surface area contributed by atoms with Crippen molar-refractivity contribution in [2.75, 3.05) is 0 Å². The van der Waals surface area contributed by atoms with Crippen LogP contribution in [-0.2, 0) is 4.79 Å².